The Morgan fingerprint density at radius 2 is 2.19 bits per heavy atom. The Balaban J connectivity index is 2.43. The van der Waals surface area contributed by atoms with Gasteiger partial charge in [0, 0.05) is 37.8 Å². The number of amides is 1. The third-order valence-electron chi connectivity index (χ3n) is 4.14. The van der Waals surface area contributed by atoms with E-state index < -0.39 is 0 Å². The summed E-state index contributed by atoms with van der Waals surface area (Å²) in [7, 11) is 1.93. The van der Waals surface area contributed by atoms with Gasteiger partial charge < -0.3 is 10.6 Å². The minimum atomic E-state index is -0.0361. The molecule has 1 amide bonds. The van der Waals surface area contributed by atoms with Crippen molar-refractivity contribution in [3.8, 4) is 0 Å². The number of aromatic nitrogens is 2. The standard InChI is InChI=1S/C16H28N4O/c1-5-14-12(10-19(4)18-14)16-13(17)7-6-8-15(21)20(16)9-11(2)3/h10-11,13,16H,5-9,17H2,1-4H3. The Morgan fingerprint density at radius 3 is 2.81 bits per heavy atom. The van der Waals surface area contributed by atoms with E-state index in [9.17, 15) is 4.79 Å². The van der Waals surface area contributed by atoms with Crippen LogP contribution in [0.4, 0.5) is 0 Å². The van der Waals surface area contributed by atoms with Crippen molar-refractivity contribution < 1.29 is 4.79 Å². The zero-order valence-corrected chi connectivity index (χ0v) is 13.7. The van der Waals surface area contributed by atoms with Crippen molar-refractivity contribution in [1.29, 1.82) is 0 Å². The number of aryl methyl sites for hydroxylation is 2. The summed E-state index contributed by atoms with van der Waals surface area (Å²) in [5.41, 5.74) is 8.63. The Morgan fingerprint density at radius 1 is 1.48 bits per heavy atom. The molecule has 2 unspecified atom stereocenters. The van der Waals surface area contributed by atoms with E-state index in [-0.39, 0.29) is 18.0 Å². The zero-order valence-electron chi connectivity index (χ0n) is 13.7. The molecule has 0 aromatic carbocycles. The maximum absolute atomic E-state index is 12.5. The number of carbonyl (C=O) groups excluding carboxylic acids is 1. The monoisotopic (exact) mass is 292 g/mol. The molecular weight excluding hydrogens is 264 g/mol. The largest absolute Gasteiger partial charge is 0.334 e. The van der Waals surface area contributed by atoms with E-state index in [0.29, 0.717) is 12.3 Å². The average Bonchev–Trinajstić information content (AvgIpc) is 2.72. The molecule has 0 bridgehead atoms. The minimum Gasteiger partial charge on any atom is -0.334 e. The third-order valence-corrected chi connectivity index (χ3v) is 4.14. The second-order valence-corrected chi connectivity index (χ2v) is 6.50. The van der Waals surface area contributed by atoms with Gasteiger partial charge in [0.2, 0.25) is 5.91 Å². The van der Waals surface area contributed by atoms with E-state index in [2.05, 4.69) is 25.9 Å². The minimum absolute atomic E-state index is 0.00954. The van der Waals surface area contributed by atoms with Crippen LogP contribution >= 0.6 is 0 Å². The Labute approximate surface area is 127 Å². The molecule has 5 heteroatoms. The van der Waals surface area contributed by atoms with Gasteiger partial charge in [-0.2, -0.15) is 5.10 Å². The molecule has 21 heavy (non-hydrogen) atoms. The van der Waals surface area contributed by atoms with E-state index in [1.165, 1.54) is 0 Å². The fourth-order valence-electron chi connectivity index (χ4n) is 3.26. The summed E-state index contributed by atoms with van der Waals surface area (Å²) in [5, 5.41) is 4.53. The molecule has 2 N–H and O–H groups in total. The molecule has 1 aromatic rings. The first-order valence-corrected chi connectivity index (χ1v) is 8.01. The summed E-state index contributed by atoms with van der Waals surface area (Å²) in [6, 6.07) is -0.0456. The maximum Gasteiger partial charge on any atom is 0.223 e. The normalized spacial score (nSPS) is 23.7. The quantitative estimate of drug-likeness (QED) is 0.923. The van der Waals surface area contributed by atoms with E-state index in [1.807, 2.05) is 22.8 Å². The van der Waals surface area contributed by atoms with Crippen molar-refractivity contribution in [2.45, 2.75) is 58.5 Å². The van der Waals surface area contributed by atoms with Crippen molar-refractivity contribution >= 4 is 5.91 Å². The van der Waals surface area contributed by atoms with Gasteiger partial charge in [0.05, 0.1) is 11.7 Å². The molecular formula is C16H28N4O. The number of nitrogens with two attached hydrogens (primary N) is 1. The lowest BCUT2D eigenvalue weighted by Crippen LogP contribution is -2.44. The van der Waals surface area contributed by atoms with Crippen LogP contribution in [-0.2, 0) is 18.3 Å². The van der Waals surface area contributed by atoms with Crippen LogP contribution in [0.15, 0.2) is 6.20 Å². The first-order valence-electron chi connectivity index (χ1n) is 8.01. The van der Waals surface area contributed by atoms with Crippen molar-refractivity contribution in [3.05, 3.63) is 17.5 Å². The third kappa shape index (κ3) is 3.46. The molecule has 118 valence electrons. The summed E-state index contributed by atoms with van der Waals surface area (Å²) in [5.74, 6) is 0.663. The summed E-state index contributed by atoms with van der Waals surface area (Å²) >= 11 is 0. The summed E-state index contributed by atoms with van der Waals surface area (Å²) in [6.07, 6.45) is 5.28. The van der Waals surface area contributed by atoms with Crippen molar-refractivity contribution in [1.82, 2.24) is 14.7 Å². The van der Waals surface area contributed by atoms with Gasteiger partial charge in [-0.25, -0.2) is 0 Å². The molecule has 2 rings (SSSR count). The van der Waals surface area contributed by atoms with Crippen LogP contribution in [-0.4, -0.2) is 33.2 Å². The highest BCUT2D eigenvalue weighted by molar-refractivity contribution is 5.77. The highest BCUT2D eigenvalue weighted by Gasteiger charge is 2.35. The van der Waals surface area contributed by atoms with E-state index in [4.69, 9.17) is 5.73 Å². The number of hydrogen-bond donors (Lipinski definition) is 1. The average molecular weight is 292 g/mol. The molecule has 1 aliphatic heterocycles. The number of carbonyl (C=O) groups is 1. The number of hydrogen-bond acceptors (Lipinski definition) is 3. The lowest BCUT2D eigenvalue weighted by molar-refractivity contribution is -0.133. The number of likely N-dealkylation sites (tertiary alicyclic amines) is 1. The molecule has 1 aliphatic rings. The van der Waals surface area contributed by atoms with Gasteiger partial charge in [-0.1, -0.05) is 20.8 Å². The maximum atomic E-state index is 12.5. The molecule has 0 spiro atoms. The molecule has 1 fully saturated rings. The smallest absolute Gasteiger partial charge is 0.223 e. The Hall–Kier alpha value is -1.36. The Kier molecular flexibility index (Phi) is 5.04. The molecule has 1 saturated heterocycles. The lowest BCUT2D eigenvalue weighted by Gasteiger charge is -2.35. The molecule has 2 atom stereocenters. The summed E-state index contributed by atoms with van der Waals surface area (Å²) in [6.45, 7) is 7.15. The van der Waals surface area contributed by atoms with Crippen molar-refractivity contribution in [2.75, 3.05) is 6.54 Å². The van der Waals surface area contributed by atoms with Crippen LogP contribution in [0.1, 0.15) is 57.3 Å². The molecule has 0 saturated carbocycles. The fraction of sp³-hybridized carbons (Fsp3) is 0.750. The zero-order chi connectivity index (χ0) is 15.6. The van der Waals surface area contributed by atoms with Crippen LogP contribution in [0.2, 0.25) is 0 Å². The lowest BCUT2D eigenvalue weighted by atomic mass is 9.95. The summed E-state index contributed by atoms with van der Waals surface area (Å²) in [4.78, 5) is 14.5. The van der Waals surface area contributed by atoms with Gasteiger partial charge in [-0.3, -0.25) is 9.48 Å². The van der Waals surface area contributed by atoms with Crippen LogP contribution in [0.3, 0.4) is 0 Å². The highest BCUT2D eigenvalue weighted by atomic mass is 16.2. The van der Waals surface area contributed by atoms with Crippen LogP contribution < -0.4 is 5.73 Å². The highest BCUT2D eigenvalue weighted by Crippen LogP contribution is 2.32. The van der Waals surface area contributed by atoms with Gasteiger partial charge >= 0.3 is 0 Å². The van der Waals surface area contributed by atoms with Gasteiger partial charge in [-0.05, 0) is 25.2 Å². The van der Waals surface area contributed by atoms with E-state index >= 15 is 0 Å². The second kappa shape index (κ2) is 6.60. The molecule has 0 aliphatic carbocycles. The van der Waals surface area contributed by atoms with Gasteiger partial charge in [0.1, 0.15) is 0 Å². The fourth-order valence-corrected chi connectivity index (χ4v) is 3.26. The molecule has 0 radical (unpaired) electrons. The SMILES string of the molecule is CCc1nn(C)cc1C1C(N)CCCC(=O)N1CC(C)C. The van der Waals surface area contributed by atoms with Crippen molar-refractivity contribution in [2.24, 2.45) is 18.7 Å². The van der Waals surface area contributed by atoms with E-state index in [1.54, 1.807) is 0 Å². The second-order valence-electron chi connectivity index (χ2n) is 6.50. The van der Waals surface area contributed by atoms with Crippen molar-refractivity contribution in [3.63, 3.8) is 0 Å². The number of nitrogens with zero attached hydrogens (tertiary/aromatic N) is 3. The number of rotatable bonds is 4. The first-order chi connectivity index (χ1) is 9.93. The summed E-state index contributed by atoms with van der Waals surface area (Å²) < 4.78 is 1.84. The topological polar surface area (TPSA) is 64.2 Å². The Bertz CT molecular complexity index is 494. The predicted molar refractivity (Wildman–Crippen MR) is 83.7 cm³/mol. The predicted octanol–water partition coefficient (Wildman–Crippen LogP) is 2.02. The van der Waals surface area contributed by atoms with E-state index in [0.717, 1.165) is 37.1 Å². The molecule has 5 nitrogen and oxygen atoms in total. The van der Waals surface area contributed by atoms with Crippen LogP contribution in [0, 0.1) is 5.92 Å². The van der Waals surface area contributed by atoms with Crippen LogP contribution in [0.5, 0.6) is 0 Å². The molecule has 1 aromatic heterocycles. The molecule has 2 heterocycles. The van der Waals surface area contributed by atoms with Gasteiger partial charge in [-0.15, -0.1) is 0 Å². The first kappa shape index (κ1) is 16.0. The van der Waals surface area contributed by atoms with Gasteiger partial charge in [0.15, 0.2) is 0 Å². The van der Waals surface area contributed by atoms with Gasteiger partial charge in [0.25, 0.3) is 0 Å². The van der Waals surface area contributed by atoms with Crippen LogP contribution in [0.25, 0.3) is 0 Å².